The molecule has 1 unspecified atom stereocenters. The second-order valence-corrected chi connectivity index (χ2v) is 10.9. The molecular weight excluding hydrogens is 502 g/mol. The molecule has 1 atom stereocenters. The van der Waals surface area contributed by atoms with Gasteiger partial charge < -0.3 is 18.9 Å². The highest BCUT2D eigenvalue weighted by Gasteiger charge is 2.26. The molecule has 1 aliphatic rings. The average Bonchev–Trinajstić information content (AvgIpc) is 3.06. The maximum atomic E-state index is 12.9. The minimum atomic E-state index is -3.76. The van der Waals surface area contributed by atoms with E-state index in [1.165, 1.54) is 33.5 Å². The van der Waals surface area contributed by atoms with Crippen LogP contribution in [0.15, 0.2) is 65.6 Å². The number of hydrogen-bond acceptors (Lipinski definition) is 8. The molecule has 1 heterocycles. The molecule has 3 aromatic rings. The molecule has 0 saturated carbocycles. The Morgan fingerprint density at radius 3 is 2.53 bits per heavy atom. The number of methoxy groups -OCH3 is 3. The topological polar surface area (TPSA) is 100 Å². The van der Waals surface area contributed by atoms with Crippen LogP contribution in [0, 0.1) is 0 Å². The maximum Gasteiger partial charge on any atom is 0.337 e. The van der Waals surface area contributed by atoms with Crippen molar-refractivity contribution in [2.75, 3.05) is 33.6 Å². The lowest BCUT2D eigenvalue weighted by atomic mass is 9.98. The molecule has 0 fully saturated rings. The number of ether oxygens (including phenoxy) is 4. The van der Waals surface area contributed by atoms with Crippen LogP contribution in [0.3, 0.4) is 0 Å². The molecule has 1 aliphatic heterocycles. The third-order valence-corrected chi connectivity index (χ3v) is 8.52. The van der Waals surface area contributed by atoms with Gasteiger partial charge in [-0.25, -0.2) is 17.9 Å². The molecule has 1 N–H and O–H groups in total. The van der Waals surface area contributed by atoms with Crippen LogP contribution in [-0.4, -0.2) is 48.0 Å². The van der Waals surface area contributed by atoms with E-state index in [9.17, 15) is 13.2 Å². The standard InChI is InChI=1S/C26H27NO7S2/c1-31-23-11-9-19(15-24(23)32-2)36(29,30)27-12-13-35-25-20-7-5-4-6-18(20)16-34-22-10-8-17(14-21(22)25)26(28)33-3/h4-11,14-15,25,27H,12-13,16H2,1-3H3. The maximum absolute atomic E-state index is 12.9. The van der Waals surface area contributed by atoms with Crippen LogP contribution < -0.4 is 18.9 Å². The highest BCUT2D eigenvalue weighted by atomic mass is 32.2. The van der Waals surface area contributed by atoms with Crippen molar-refractivity contribution in [1.29, 1.82) is 0 Å². The monoisotopic (exact) mass is 529 g/mol. The highest BCUT2D eigenvalue weighted by molar-refractivity contribution is 7.99. The van der Waals surface area contributed by atoms with Crippen LogP contribution in [-0.2, 0) is 21.4 Å². The highest BCUT2D eigenvalue weighted by Crippen LogP contribution is 2.44. The summed E-state index contributed by atoms with van der Waals surface area (Å²) in [6, 6.07) is 17.7. The number of nitrogens with one attached hydrogen (secondary N) is 1. The molecule has 0 saturated heterocycles. The lowest BCUT2D eigenvalue weighted by Crippen LogP contribution is -2.26. The van der Waals surface area contributed by atoms with Crippen molar-refractivity contribution in [1.82, 2.24) is 4.72 Å². The number of thioether (sulfide) groups is 1. The van der Waals surface area contributed by atoms with Gasteiger partial charge in [-0.2, -0.15) is 0 Å². The SMILES string of the molecule is COC(=O)c1ccc2c(c1)C(SCCNS(=O)(=O)c1ccc(OC)c(OC)c1)c1ccccc1CO2. The van der Waals surface area contributed by atoms with Gasteiger partial charge in [0.05, 0.1) is 37.0 Å². The molecule has 4 rings (SSSR count). The summed E-state index contributed by atoms with van der Waals surface area (Å²) in [5.41, 5.74) is 3.37. The van der Waals surface area contributed by atoms with Crippen molar-refractivity contribution < 1.29 is 32.2 Å². The van der Waals surface area contributed by atoms with Gasteiger partial charge in [-0.3, -0.25) is 0 Å². The Hall–Kier alpha value is -3.21. The summed E-state index contributed by atoms with van der Waals surface area (Å²) < 4.78 is 49.7. The van der Waals surface area contributed by atoms with E-state index in [-0.39, 0.29) is 16.7 Å². The Morgan fingerprint density at radius 1 is 1.00 bits per heavy atom. The van der Waals surface area contributed by atoms with E-state index in [4.69, 9.17) is 18.9 Å². The lowest BCUT2D eigenvalue weighted by molar-refractivity contribution is 0.0600. The van der Waals surface area contributed by atoms with Crippen molar-refractivity contribution in [2.24, 2.45) is 0 Å². The first-order chi connectivity index (χ1) is 17.4. The minimum absolute atomic E-state index is 0.0893. The molecular formula is C26H27NO7S2. The fourth-order valence-corrected chi connectivity index (χ4v) is 6.38. The van der Waals surface area contributed by atoms with Crippen LogP contribution in [0.2, 0.25) is 0 Å². The summed E-state index contributed by atoms with van der Waals surface area (Å²) in [6.07, 6.45) is 0. The molecule has 36 heavy (non-hydrogen) atoms. The van der Waals surface area contributed by atoms with Gasteiger partial charge in [-0.15, -0.1) is 11.8 Å². The van der Waals surface area contributed by atoms with E-state index in [2.05, 4.69) is 4.72 Å². The second kappa shape index (κ2) is 11.2. The molecule has 10 heteroatoms. The first-order valence-electron chi connectivity index (χ1n) is 11.1. The van der Waals surface area contributed by atoms with E-state index >= 15 is 0 Å². The summed E-state index contributed by atoms with van der Waals surface area (Å²) in [4.78, 5) is 12.3. The van der Waals surface area contributed by atoms with E-state index in [1.807, 2.05) is 24.3 Å². The van der Waals surface area contributed by atoms with Gasteiger partial charge in [0, 0.05) is 23.9 Å². The number of benzene rings is 3. The predicted molar refractivity (Wildman–Crippen MR) is 138 cm³/mol. The number of fused-ring (bicyclic) bond motifs is 2. The Bertz CT molecular complexity index is 1360. The number of sulfonamides is 1. The molecule has 190 valence electrons. The van der Waals surface area contributed by atoms with Crippen molar-refractivity contribution in [3.63, 3.8) is 0 Å². The van der Waals surface area contributed by atoms with Gasteiger partial charge >= 0.3 is 5.97 Å². The van der Waals surface area contributed by atoms with Crippen LogP contribution >= 0.6 is 11.8 Å². The van der Waals surface area contributed by atoms with E-state index in [1.54, 1.807) is 36.0 Å². The average molecular weight is 530 g/mol. The first kappa shape index (κ1) is 25.9. The smallest absolute Gasteiger partial charge is 0.337 e. The summed E-state index contributed by atoms with van der Waals surface area (Å²) in [5.74, 6) is 1.52. The number of carbonyl (C=O) groups is 1. The summed E-state index contributed by atoms with van der Waals surface area (Å²) in [5, 5.41) is -0.158. The zero-order valence-electron chi connectivity index (χ0n) is 20.1. The lowest BCUT2D eigenvalue weighted by Gasteiger charge is -2.19. The largest absolute Gasteiger partial charge is 0.493 e. The van der Waals surface area contributed by atoms with Gasteiger partial charge in [0.15, 0.2) is 11.5 Å². The fourth-order valence-electron chi connectivity index (χ4n) is 3.97. The zero-order chi connectivity index (χ0) is 25.7. The van der Waals surface area contributed by atoms with Crippen molar-refractivity contribution >= 4 is 27.8 Å². The predicted octanol–water partition coefficient (Wildman–Crippen LogP) is 4.18. The van der Waals surface area contributed by atoms with Gasteiger partial charge in [0.1, 0.15) is 12.4 Å². The van der Waals surface area contributed by atoms with Gasteiger partial charge in [0.25, 0.3) is 0 Å². The summed E-state index contributed by atoms with van der Waals surface area (Å²) in [7, 11) is 0.534. The zero-order valence-corrected chi connectivity index (χ0v) is 21.8. The molecule has 0 aromatic heterocycles. The molecule has 0 amide bonds. The first-order valence-corrected chi connectivity index (χ1v) is 13.7. The van der Waals surface area contributed by atoms with Crippen molar-refractivity contribution in [3.8, 4) is 17.2 Å². The third-order valence-electron chi connectivity index (χ3n) is 5.78. The summed E-state index contributed by atoms with van der Waals surface area (Å²) >= 11 is 1.57. The molecule has 0 bridgehead atoms. The number of rotatable bonds is 9. The van der Waals surface area contributed by atoms with Crippen molar-refractivity contribution in [2.45, 2.75) is 16.8 Å². The number of esters is 1. The van der Waals surface area contributed by atoms with Crippen LogP contribution in [0.25, 0.3) is 0 Å². The number of carbonyl (C=O) groups excluding carboxylic acids is 1. The molecule has 3 aromatic carbocycles. The fraction of sp³-hybridized carbons (Fsp3) is 0.269. The van der Waals surface area contributed by atoms with Crippen LogP contribution in [0.5, 0.6) is 17.2 Å². The molecule has 0 spiro atoms. The summed E-state index contributed by atoms with van der Waals surface area (Å²) in [6.45, 7) is 0.608. The molecule has 0 radical (unpaired) electrons. The van der Waals surface area contributed by atoms with Gasteiger partial charge in [-0.1, -0.05) is 24.3 Å². The normalized spacial score (nSPS) is 14.6. The third kappa shape index (κ3) is 5.45. The Kier molecular flexibility index (Phi) is 8.07. The Morgan fingerprint density at radius 2 is 1.78 bits per heavy atom. The van der Waals surface area contributed by atoms with E-state index in [0.717, 1.165) is 16.7 Å². The van der Waals surface area contributed by atoms with Gasteiger partial charge in [0.2, 0.25) is 10.0 Å². The van der Waals surface area contributed by atoms with E-state index in [0.29, 0.717) is 35.2 Å². The van der Waals surface area contributed by atoms with Crippen molar-refractivity contribution in [3.05, 3.63) is 82.9 Å². The van der Waals surface area contributed by atoms with Crippen LogP contribution in [0.1, 0.15) is 32.3 Å². The molecule has 0 aliphatic carbocycles. The van der Waals surface area contributed by atoms with Gasteiger partial charge in [-0.05, 0) is 41.5 Å². The number of hydrogen-bond donors (Lipinski definition) is 1. The second-order valence-electron chi connectivity index (χ2n) is 7.90. The minimum Gasteiger partial charge on any atom is -0.493 e. The van der Waals surface area contributed by atoms with E-state index < -0.39 is 16.0 Å². The Balaban J connectivity index is 1.53. The quantitative estimate of drug-likeness (QED) is 0.326. The Labute approximate surface area is 215 Å². The molecule has 8 nitrogen and oxygen atoms in total. The van der Waals surface area contributed by atoms with Crippen LogP contribution in [0.4, 0.5) is 0 Å².